The number of thioether (sulfide) groups is 1. The second-order valence-corrected chi connectivity index (χ2v) is 7.43. The van der Waals surface area contributed by atoms with Crippen LogP contribution in [0.1, 0.15) is 6.42 Å². The van der Waals surface area contributed by atoms with Crippen molar-refractivity contribution in [2.45, 2.75) is 12.5 Å². The van der Waals surface area contributed by atoms with Crippen LogP contribution >= 0.6 is 23.4 Å². The zero-order chi connectivity index (χ0) is 19.4. The van der Waals surface area contributed by atoms with E-state index < -0.39 is 4.92 Å². The number of nitrogens with one attached hydrogen (secondary N) is 1. The molecule has 1 unspecified atom stereocenters. The number of benzene rings is 2. The average Bonchev–Trinajstić information content (AvgIpc) is 2.97. The molecule has 0 spiro atoms. The zero-order valence-electron chi connectivity index (χ0n) is 14.5. The third-order valence-electron chi connectivity index (χ3n) is 4.07. The van der Waals surface area contributed by atoms with Gasteiger partial charge in [0.1, 0.15) is 0 Å². The molecule has 1 N–H and O–H groups in total. The van der Waals surface area contributed by atoms with Crippen molar-refractivity contribution in [2.24, 2.45) is 4.99 Å². The summed E-state index contributed by atoms with van der Waals surface area (Å²) in [5, 5.41) is 15.1. The molecule has 1 aliphatic heterocycles. The highest BCUT2D eigenvalue weighted by Gasteiger charge is 2.29. The first-order valence-corrected chi connectivity index (χ1v) is 9.53. The van der Waals surface area contributed by atoms with E-state index in [2.05, 4.69) is 10.3 Å². The molecule has 1 aliphatic rings. The molecule has 3 rings (SSSR count). The van der Waals surface area contributed by atoms with E-state index in [1.807, 2.05) is 11.9 Å². The molecule has 7 nitrogen and oxygen atoms in total. The maximum absolute atomic E-state index is 12.3. The molecule has 2 aromatic carbocycles. The number of anilines is 1. The van der Waals surface area contributed by atoms with Gasteiger partial charge in [0.25, 0.3) is 5.69 Å². The fraction of sp³-hybridized carbons (Fsp3) is 0.222. The van der Waals surface area contributed by atoms with E-state index in [1.165, 1.54) is 23.9 Å². The smallest absolute Gasteiger partial charge is 0.271 e. The van der Waals surface area contributed by atoms with Crippen molar-refractivity contribution in [1.82, 2.24) is 4.90 Å². The van der Waals surface area contributed by atoms with Gasteiger partial charge < -0.3 is 10.2 Å². The first-order valence-electron chi connectivity index (χ1n) is 8.16. The van der Waals surface area contributed by atoms with Crippen molar-refractivity contribution < 1.29 is 9.72 Å². The molecule has 1 amide bonds. The molecule has 1 saturated heterocycles. The lowest BCUT2D eigenvalue weighted by Crippen LogP contribution is -2.33. The van der Waals surface area contributed by atoms with Crippen LogP contribution in [0.5, 0.6) is 0 Å². The number of amidine groups is 1. The molecule has 1 fully saturated rings. The zero-order valence-corrected chi connectivity index (χ0v) is 16.0. The number of carbonyl (C=O) groups is 1. The topological polar surface area (TPSA) is 87.8 Å². The summed E-state index contributed by atoms with van der Waals surface area (Å²) in [6.45, 7) is 0. The minimum atomic E-state index is -0.445. The van der Waals surface area contributed by atoms with Crippen LogP contribution in [0.25, 0.3) is 0 Å². The summed E-state index contributed by atoms with van der Waals surface area (Å²) in [5.74, 6) is 0.629. The molecule has 27 heavy (non-hydrogen) atoms. The minimum absolute atomic E-state index is 0.000233. The van der Waals surface area contributed by atoms with Crippen molar-refractivity contribution in [1.29, 1.82) is 0 Å². The standard InChI is InChI=1S/C18H17ClN4O3S/c1-22-16(10-17(24)20-13-7-5-12(19)6-8-13)11-27-18(22)21-14-3-2-4-15(9-14)23(25)26/h2-9,16H,10-11H2,1H3,(H,20,24). The van der Waals surface area contributed by atoms with Gasteiger partial charge in [-0.05, 0) is 30.3 Å². The third kappa shape index (κ3) is 4.99. The highest BCUT2D eigenvalue weighted by atomic mass is 35.5. The third-order valence-corrected chi connectivity index (χ3v) is 5.51. The maximum Gasteiger partial charge on any atom is 0.271 e. The Morgan fingerprint density at radius 1 is 1.37 bits per heavy atom. The lowest BCUT2D eigenvalue weighted by molar-refractivity contribution is -0.384. The van der Waals surface area contributed by atoms with E-state index in [0.717, 1.165) is 10.9 Å². The second kappa shape index (κ2) is 8.41. The Balaban J connectivity index is 1.63. The fourth-order valence-electron chi connectivity index (χ4n) is 2.59. The molecular formula is C18H17ClN4O3S. The summed E-state index contributed by atoms with van der Waals surface area (Å²) in [6, 6.07) is 13.1. The van der Waals surface area contributed by atoms with Crippen molar-refractivity contribution in [3.05, 3.63) is 63.7 Å². The lowest BCUT2D eigenvalue weighted by Gasteiger charge is -2.20. The normalized spacial score (nSPS) is 17.9. The van der Waals surface area contributed by atoms with E-state index in [0.29, 0.717) is 22.8 Å². The van der Waals surface area contributed by atoms with E-state index in [-0.39, 0.29) is 17.6 Å². The summed E-state index contributed by atoms with van der Waals surface area (Å²) in [4.78, 5) is 29.2. The number of rotatable bonds is 5. The largest absolute Gasteiger partial charge is 0.350 e. The van der Waals surface area contributed by atoms with Gasteiger partial charge >= 0.3 is 0 Å². The summed E-state index contributed by atoms with van der Waals surface area (Å²) >= 11 is 7.37. The van der Waals surface area contributed by atoms with Gasteiger partial charge in [-0.1, -0.05) is 29.4 Å². The maximum atomic E-state index is 12.3. The number of nitrogens with zero attached hydrogens (tertiary/aromatic N) is 3. The van der Waals surface area contributed by atoms with E-state index in [4.69, 9.17) is 11.6 Å². The minimum Gasteiger partial charge on any atom is -0.350 e. The number of amides is 1. The number of carbonyl (C=O) groups excluding carboxylic acids is 1. The van der Waals surface area contributed by atoms with Crippen LogP contribution in [0.3, 0.4) is 0 Å². The Bertz CT molecular complexity index is 888. The molecule has 1 atom stereocenters. The van der Waals surface area contributed by atoms with Gasteiger partial charge in [0.15, 0.2) is 5.17 Å². The predicted octanol–water partition coefficient (Wildman–Crippen LogP) is 4.31. The molecule has 0 aliphatic carbocycles. The summed E-state index contributed by atoms with van der Waals surface area (Å²) in [6.07, 6.45) is 0.320. The number of hydrogen-bond acceptors (Lipinski definition) is 5. The van der Waals surface area contributed by atoms with Gasteiger partial charge in [-0.25, -0.2) is 4.99 Å². The van der Waals surface area contributed by atoms with E-state index >= 15 is 0 Å². The number of halogens is 1. The van der Waals surface area contributed by atoms with Crippen LogP contribution in [0.2, 0.25) is 5.02 Å². The van der Waals surface area contributed by atoms with Gasteiger partial charge in [-0.2, -0.15) is 0 Å². The highest BCUT2D eigenvalue weighted by molar-refractivity contribution is 8.14. The fourth-order valence-corrected chi connectivity index (χ4v) is 3.92. The Kier molecular flexibility index (Phi) is 5.98. The first-order chi connectivity index (χ1) is 12.9. The van der Waals surface area contributed by atoms with Crippen molar-refractivity contribution in [3.8, 4) is 0 Å². The number of nitro groups is 1. The van der Waals surface area contributed by atoms with Gasteiger partial charge in [0, 0.05) is 48.1 Å². The predicted molar refractivity (Wildman–Crippen MR) is 109 cm³/mol. The average molecular weight is 405 g/mol. The molecule has 1 heterocycles. The lowest BCUT2D eigenvalue weighted by atomic mass is 10.2. The van der Waals surface area contributed by atoms with Crippen LogP contribution in [0, 0.1) is 10.1 Å². The van der Waals surface area contributed by atoms with Gasteiger partial charge in [0.2, 0.25) is 5.91 Å². The number of hydrogen-bond donors (Lipinski definition) is 1. The Labute approximate surface area is 165 Å². The van der Waals surface area contributed by atoms with Crippen molar-refractivity contribution in [2.75, 3.05) is 18.1 Å². The monoisotopic (exact) mass is 404 g/mol. The van der Waals surface area contributed by atoms with E-state index in [1.54, 1.807) is 36.4 Å². The second-order valence-electron chi connectivity index (χ2n) is 6.01. The summed E-state index contributed by atoms with van der Waals surface area (Å²) in [7, 11) is 1.87. The van der Waals surface area contributed by atoms with Crippen molar-refractivity contribution >= 4 is 51.5 Å². The molecule has 9 heteroatoms. The van der Waals surface area contributed by atoms with E-state index in [9.17, 15) is 14.9 Å². The highest BCUT2D eigenvalue weighted by Crippen LogP contribution is 2.29. The van der Waals surface area contributed by atoms with Crippen LogP contribution < -0.4 is 5.32 Å². The molecular weight excluding hydrogens is 388 g/mol. The summed E-state index contributed by atoms with van der Waals surface area (Å²) < 4.78 is 0. The van der Waals surface area contributed by atoms with Crippen LogP contribution in [0.15, 0.2) is 53.5 Å². The molecule has 0 saturated carbocycles. The number of nitro benzene ring substituents is 1. The molecule has 0 bridgehead atoms. The molecule has 140 valence electrons. The molecule has 0 radical (unpaired) electrons. The SMILES string of the molecule is CN1C(=Nc2cccc([N+](=O)[O-])c2)SCC1CC(=O)Nc1ccc(Cl)cc1. The first kappa shape index (κ1) is 19.2. The molecule has 0 aromatic heterocycles. The van der Waals surface area contributed by atoms with Gasteiger partial charge in [0.05, 0.1) is 10.6 Å². The Hall–Kier alpha value is -2.58. The number of aliphatic imine (C=N–C) groups is 1. The molecule has 2 aromatic rings. The number of non-ortho nitro benzene ring substituents is 1. The summed E-state index contributed by atoms with van der Waals surface area (Å²) in [5.41, 5.74) is 1.22. The van der Waals surface area contributed by atoms with Gasteiger partial charge in [-0.15, -0.1) is 0 Å². The Morgan fingerprint density at radius 2 is 2.11 bits per heavy atom. The Morgan fingerprint density at radius 3 is 2.81 bits per heavy atom. The quantitative estimate of drug-likeness (QED) is 0.592. The van der Waals surface area contributed by atoms with Crippen LogP contribution in [-0.4, -0.2) is 39.7 Å². The van der Waals surface area contributed by atoms with Crippen molar-refractivity contribution in [3.63, 3.8) is 0 Å². The van der Waals surface area contributed by atoms with Gasteiger partial charge in [-0.3, -0.25) is 14.9 Å². The van der Waals surface area contributed by atoms with Crippen LogP contribution in [-0.2, 0) is 4.79 Å². The van der Waals surface area contributed by atoms with Crippen LogP contribution in [0.4, 0.5) is 17.1 Å².